The first kappa shape index (κ1) is 14.6. The highest BCUT2D eigenvalue weighted by Crippen LogP contribution is 2.27. The van der Waals surface area contributed by atoms with Crippen LogP contribution in [0.5, 0.6) is 0 Å². The summed E-state index contributed by atoms with van der Waals surface area (Å²) in [5, 5.41) is 8.25. The van der Waals surface area contributed by atoms with E-state index in [-0.39, 0.29) is 0 Å². The van der Waals surface area contributed by atoms with E-state index in [1.807, 2.05) is 17.5 Å². The lowest BCUT2D eigenvalue weighted by molar-refractivity contribution is 0.849. The minimum absolute atomic E-state index is 0.345. The molecule has 3 rings (SSSR count). The van der Waals surface area contributed by atoms with E-state index in [1.165, 1.54) is 5.56 Å². The van der Waals surface area contributed by atoms with Gasteiger partial charge < -0.3 is 5.32 Å². The average molecular weight is 294 g/mol. The first-order chi connectivity index (χ1) is 10.5. The van der Waals surface area contributed by atoms with Gasteiger partial charge in [-0.25, -0.2) is 4.98 Å². The van der Waals surface area contributed by atoms with Gasteiger partial charge in [0.1, 0.15) is 5.82 Å². The first-order valence-corrected chi connectivity index (χ1v) is 7.66. The molecule has 0 unspecified atom stereocenters. The van der Waals surface area contributed by atoms with Crippen LogP contribution in [0.3, 0.4) is 0 Å². The van der Waals surface area contributed by atoms with Crippen LogP contribution in [0.15, 0.2) is 30.3 Å². The summed E-state index contributed by atoms with van der Waals surface area (Å²) in [5.41, 5.74) is 6.39. The van der Waals surface area contributed by atoms with Gasteiger partial charge in [0.2, 0.25) is 0 Å². The predicted molar refractivity (Wildman–Crippen MR) is 91.4 cm³/mol. The average Bonchev–Trinajstić information content (AvgIpc) is 2.77. The number of anilines is 1. The zero-order chi connectivity index (χ0) is 15.9. The molecule has 0 aliphatic carbocycles. The molecule has 0 aliphatic heterocycles. The fourth-order valence-electron chi connectivity index (χ4n) is 2.63. The van der Waals surface area contributed by atoms with Crippen LogP contribution in [0, 0.1) is 20.8 Å². The third-order valence-electron chi connectivity index (χ3n) is 3.71. The summed E-state index contributed by atoms with van der Waals surface area (Å²) in [4.78, 5) is 4.67. The van der Waals surface area contributed by atoms with Crippen molar-refractivity contribution in [3.8, 4) is 11.3 Å². The van der Waals surface area contributed by atoms with Gasteiger partial charge in [-0.05, 0) is 34.6 Å². The summed E-state index contributed by atoms with van der Waals surface area (Å²) >= 11 is 0. The van der Waals surface area contributed by atoms with Gasteiger partial charge >= 0.3 is 0 Å². The quantitative estimate of drug-likeness (QED) is 0.789. The molecule has 2 aromatic heterocycles. The van der Waals surface area contributed by atoms with E-state index in [9.17, 15) is 0 Å². The Morgan fingerprint density at radius 1 is 1.05 bits per heavy atom. The van der Waals surface area contributed by atoms with Gasteiger partial charge in [0.15, 0.2) is 5.65 Å². The molecule has 22 heavy (non-hydrogen) atoms. The molecule has 0 bridgehead atoms. The van der Waals surface area contributed by atoms with E-state index in [0.29, 0.717) is 6.04 Å². The fraction of sp³-hybridized carbons (Fsp3) is 0.333. The number of aromatic nitrogens is 3. The Bertz CT molecular complexity index is 813. The molecule has 2 heterocycles. The second-order valence-electron chi connectivity index (χ2n) is 6.16. The molecule has 0 amide bonds. The lowest BCUT2D eigenvalue weighted by atomic mass is 10.1. The van der Waals surface area contributed by atoms with Crippen LogP contribution in [0.4, 0.5) is 5.82 Å². The van der Waals surface area contributed by atoms with Crippen molar-refractivity contribution in [1.82, 2.24) is 14.6 Å². The van der Waals surface area contributed by atoms with Gasteiger partial charge in [0.25, 0.3) is 0 Å². The summed E-state index contributed by atoms with van der Waals surface area (Å²) in [5.74, 6) is 0.985. The van der Waals surface area contributed by atoms with Crippen molar-refractivity contribution in [2.75, 3.05) is 5.32 Å². The van der Waals surface area contributed by atoms with E-state index in [0.717, 1.165) is 34.0 Å². The highest BCUT2D eigenvalue weighted by molar-refractivity contribution is 5.71. The molecule has 0 saturated carbocycles. The molecule has 4 heteroatoms. The molecule has 1 aromatic carbocycles. The van der Waals surface area contributed by atoms with E-state index in [1.54, 1.807) is 0 Å². The Morgan fingerprint density at radius 2 is 1.73 bits per heavy atom. The number of aryl methyl sites for hydroxylation is 3. The number of rotatable bonds is 3. The predicted octanol–water partition coefficient (Wildman–Crippen LogP) is 4.14. The molecular formula is C18H22N4. The third kappa shape index (κ3) is 2.56. The topological polar surface area (TPSA) is 42.2 Å². The smallest absolute Gasteiger partial charge is 0.161 e. The zero-order valence-corrected chi connectivity index (χ0v) is 13.8. The van der Waals surface area contributed by atoms with Crippen LogP contribution in [0.2, 0.25) is 0 Å². The SMILES string of the molecule is Cc1ccc(-c2nn3c(NC(C)C)cc(C)nc3c2C)cc1. The number of hydrogen-bond acceptors (Lipinski definition) is 3. The Labute approximate surface area is 131 Å². The largest absolute Gasteiger partial charge is 0.368 e. The normalized spacial score (nSPS) is 11.4. The Balaban J connectivity index is 2.21. The maximum atomic E-state index is 4.80. The van der Waals surface area contributed by atoms with Crippen LogP contribution in [0.1, 0.15) is 30.7 Å². The minimum Gasteiger partial charge on any atom is -0.368 e. The van der Waals surface area contributed by atoms with Crippen LogP contribution in [0.25, 0.3) is 16.9 Å². The van der Waals surface area contributed by atoms with Crippen molar-refractivity contribution < 1.29 is 0 Å². The van der Waals surface area contributed by atoms with E-state index < -0.39 is 0 Å². The molecule has 0 saturated heterocycles. The van der Waals surface area contributed by atoms with Gasteiger partial charge in [-0.3, -0.25) is 0 Å². The summed E-state index contributed by atoms with van der Waals surface area (Å²) in [6, 6.07) is 10.9. The van der Waals surface area contributed by atoms with Crippen molar-refractivity contribution >= 4 is 11.5 Å². The van der Waals surface area contributed by atoms with E-state index in [4.69, 9.17) is 5.10 Å². The van der Waals surface area contributed by atoms with Crippen LogP contribution in [-0.2, 0) is 0 Å². The maximum Gasteiger partial charge on any atom is 0.161 e. The first-order valence-electron chi connectivity index (χ1n) is 7.66. The Hall–Kier alpha value is -2.36. The number of hydrogen-bond donors (Lipinski definition) is 1. The number of nitrogens with zero attached hydrogens (tertiary/aromatic N) is 3. The van der Waals surface area contributed by atoms with Crippen LogP contribution >= 0.6 is 0 Å². The Kier molecular flexibility index (Phi) is 3.61. The lowest BCUT2D eigenvalue weighted by Crippen LogP contribution is -2.14. The molecule has 3 aromatic rings. The van der Waals surface area contributed by atoms with E-state index in [2.05, 4.69) is 62.3 Å². The molecule has 0 atom stereocenters. The molecule has 4 nitrogen and oxygen atoms in total. The van der Waals surface area contributed by atoms with Gasteiger partial charge in [0, 0.05) is 28.9 Å². The van der Waals surface area contributed by atoms with Gasteiger partial charge in [-0.1, -0.05) is 29.8 Å². The van der Waals surface area contributed by atoms with Gasteiger partial charge in [0.05, 0.1) is 5.69 Å². The molecule has 0 spiro atoms. The number of benzene rings is 1. The highest BCUT2D eigenvalue weighted by atomic mass is 15.3. The van der Waals surface area contributed by atoms with E-state index >= 15 is 0 Å². The minimum atomic E-state index is 0.345. The van der Waals surface area contributed by atoms with Crippen LogP contribution < -0.4 is 5.32 Å². The lowest BCUT2D eigenvalue weighted by Gasteiger charge is -2.12. The molecule has 0 aliphatic rings. The van der Waals surface area contributed by atoms with Crippen molar-refractivity contribution in [3.05, 3.63) is 47.2 Å². The molecule has 114 valence electrons. The second-order valence-corrected chi connectivity index (χ2v) is 6.16. The summed E-state index contributed by atoms with van der Waals surface area (Å²) in [7, 11) is 0. The van der Waals surface area contributed by atoms with Crippen molar-refractivity contribution in [2.45, 2.75) is 40.7 Å². The van der Waals surface area contributed by atoms with Crippen molar-refractivity contribution in [3.63, 3.8) is 0 Å². The summed E-state index contributed by atoms with van der Waals surface area (Å²) in [6.45, 7) is 10.4. The highest BCUT2D eigenvalue weighted by Gasteiger charge is 2.15. The van der Waals surface area contributed by atoms with Crippen molar-refractivity contribution in [2.24, 2.45) is 0 Å². The number of nitrogens with one attached hydrogen (secondary N) is 1. The van der Waals surface area contributed by atoms with Gasteiger partial charge in [-0.2, -0.15) is 9.61 Å². The molecular weight excluding hydrogens is 272 g/mol. The standard InChI is InChI=1S/C18H22N4/c1-11(2)19-16-10-13(4)20-18-14(5)17(21-22(16)18)15-8-6-12(3)7-9-15/h6-11,19H,1-5H3. The fourth-order valence-corrected chi connectivity index (χ4v) is 2.63. The second kappa shape index (κ2) is 5.44. The maximum absolute atomic E-state index is 4.80. The molecule has 0 fully saturated rings. The van der Waals surface area contributed by atoms with Crippen LogP contribution in [-0.4, -0.2) is 20.6 Å². The summed E-state index contributed by atoms with van der Waals surface area (Å²) in [6.07, 6.45) is 0. The zero-order valence-electron chi connectivity index (χ0n) is 13.8. The molecule has 1 N–H and O–H groups in total. The monoisotopic (exact) mass is 294 g/mol. The molecule has 0 radical (unpaired) electrons. The Morgan fingerprint density at radius 3 is 2.36 bits per heavy atom. The van der Waals surface area contributed by atoms with Gasteiger partial charge in [-0.15, -0.1) is 0 Å². The number of fused-ring (bicyclic) bond motifs is 1. The van der Waals surface area contributed by atoms with Crippen molar-refractivity contribution in [1.29, 1.82) is 0 Å². The third-order valence-corrected chi connectivity index (χ3v) is 3.71. The summed E-state index contributed by atoms with van der Waals surface area (Å²) < 4.78 is 1.91.